The minimum absolute atomic E-state index is 0.0130. The molecule has 0 bridgehead atoms. The van der Waals surface area contributed by atoms with Gasteiger partial charge in [-0.15, -0.1) is 0 Å². The third-order valence-electron chi connectivity index (χ3n) is 5.00. The highest BCUT2D eigenvalue weighted by Gasteiger charge is 2.27. The summed E-state index contributed by atoms with van der Waals surface area (Å²) in [6.07, 6.45) is 2.86. The smallest absolute Gasteiger partial charge is 0.324 e. The molecule has 2 fully saturated rings. The van der Waals surface area contributed by atoms with Gasteiger partial charge in [-0.2, -0.15) is 0 Å². The van der Waals surface area contributed by atoms with Crippen LogP contribution in [0.25, 0.3) is 0 Å². The van der Waals surface area contributed by atoms with Crippen molar-refractivity contribution in [3.8, 4) is 0 Å². The maximum absolute atomic E-state index is 12.9. The molecule has 0 aromatic heterocycles. The lowest BCUT2D eigenvalue weighted by Crippen LogP contribution is -2.53. The van der Waals surface area contributed by atoms with E-state index in [2.05, 4.69) is 5.32 Å². The number of para-hydroxylation sites is 1. The summed E-state index contributed by atoms with van der Waals surface area (Å²) in [5, 5.41) is 3.11. The fourth-order valence-corrected chi connectivity index (χ4v) is 3.44. The van der Waals surface area contributed by atoms with Crippen molar-refractivity contribution in [2.45, 2.75) is 25.3 Å². The fourth-order valence-electron chi connectivity index (χ4n) is 3.44. The van der Waals surface area contributed by atoms with Gasteiger partial charge in [0.15, 0.2) is 0 Å². The van der Waals surface area contributed by atoms with Crippen LogP contribution in [0.15, 0.2) is 30.3 Å². The minimum atomic E-state index is -0.0518. The molecule has 1 N–H and O–H groups in total. The van der Waals surface area contributed by atoms with Gasteiger partial charge in [0.1, 0.15) is 0 Å². The van der Waals surface area contributed by atoms with Crippen LogP contribution >= 0.6 is 0 Å². The second kappa shape index (κ2) is 8.89. The average Bonchev–Trinajstić information content (AvgIpc) is 2.93. The van der Waals surface area contributed by atoms with Gasteiger partial charge >= 0.3 is 12.1 Å². The Morgan fingerprint density at radius 3 is 2.54 bits per heavy atom. The maximum atomic E-state index is 12.9. The highest BCUT2D eigenvalue weighted by molar-refractivity contribution is 5.91. The first kappa shape index (κ1) is 18.5. The zero-order chi connectivity index (χ0) is 18.4. The number of hydrogen-bond donors (Lipinski definition) is 1. The molecule has 7 nitrogen and oxygen atoms in total. The van der Waals surface area contributed by atoms with Crippen LogP contribution in [0.4, 0.5) is 15.3 Å². The van der Waals surface area contributed by atoms with Crippen LogP contribution in [-0.2, 0) is 4.74 Å². The molecule has 26 heavy (non-hydrogen) atoms. The van der Waals surface area contributed by atoms with E-state index in [1.165, 1.54) is 0 Å². The molecule has 1 aromatic carbocycles. The monoisotopic (exact) mass is 360 g/mol. The van der Waals surface area contributed by atoms with Crippen LogP contribution < -0.4 is 10.2 Å². The first-order chi connectivity index (χ1) is 12.6. The Labute approximate surface area is 154 Å². The van der Waals surface area contributed by atoms with Gasteiger partial charge in [-0.05, 0) is 31.4 Å². The standard InChI is InChI=1S/C19H28N4O3/c1-21(17-8-3-2-4-9-17)19(25)23-10-6-5-7-16(15-23)20-18(24)22-11-13-26-14-12-22/h2-4,8-9,16H,5-7,10-15H2,1H3,(H,20,24)/t16-/m0/s1. The molecular formula is C19H28N4O3. The van der Waals surface area contributed by atoms with Gasteiger partial charge < -0.3 is 19.9 Å². The molecule has 142 valence electrons. The molecule has 0 saturated carbocycles. The lowest BCUT2D eigenvalue weighted by Gasteiger charge is -2.32. The molecule has 4 amide bonds. The number of hydrogen-bond acceptors (Lipinski definition) is 3. The Balaban J connectivity index is 1.59. The SMILES string of the molecule is CN(C(=O)N1CCCC[C@H](NC(=O)N2CCOCC2)C1)c1ccccc1. The molecular weight excluding hydrogens is 332 g/mol. The number of amides is 4. The zero-order valence-electron chi connectivity index (χ0n) is 15.4. The number of likely N-dealkylation sites (tertiary alicyclic amines) is 1. The van der Waals surface area contributed by atoms with E-state index in [9.17, 15) is 9.59 Å². The van der Waals surface area contributed by atoms with Crippen LogP contribution in [0.3, 0.4) is 0 Å². The van der Waals surface area contributed by atoms with E-state index in [4.69, 9.17) is 4.74 Å². The average molecular weight is 360 g/mol. The van der Waals surface area contributed by atoms with Crippen molar-refractivity contribution in [1.82, 2.24) is 15.1 Å². The lowest BCUT2D eigenvalue weighted by molar-refractivity contribution is 0.0522. The summed E-state index contributed by atoms with van der Waals surface area (Å²) in [5.74, 6) is 0. The molecule has 2 aliphatic heterocycles. The molecule has 3 rings (SSSR count). The van der Waals surface area contributed by atoms with E-state index in [0.29, 0.717) is 32.8 Å². The highest BCUT2D eigenvalue weighted by Crippen LogP contribution is 2.17. The molecule has 0 aliphatic carbocycles. The number of ether oxygens (including phenoxy) is 1. The summed E-state index contributed by atoms with van der Waals surface area (Å²) in [5.41, 5.74) is 0.871. The number of morpholine rings is 1. The number of nitrogens with zero attached hydrogens (tertiary/aromatic N) is 3. The Kier molecular flexibility index (Phi) is 6.33. The van der Waals surface area contributed by atoms with Gasteiger partial charge in [0.05, 0.1) is 13.2 Å². The zero-order valence-corrected chi connectivity index (χ0v) is 15.4. The molecule has 7 heteroatoms. The van der Waals surface area contributed by atoms with Crippen molar-refractivity contribution in [2.24, 2.45) is 0 Å². The summed E-state index contributed by atoms with van der Waals surface area (Å²) in [4.78, 5) is 30.7. The van der Waals surface area contributed by atoms with Gasteiger partial charge in [0.25, 0.3) is 0 Å². The van der Waals surface area contributed by atoms with Crippen LogP contribution in [0.5, 0.6) is 0 Å². The van der Waals surface area contributed by atoms with Crippen molar-refractivity contribution in [2.75, 3.05) is 51.3 Å². The van der Waals surface area contributed by atoms with Gasteiger partial charge in [0, 0.05) is 45.0 Å². The van der Waals surface area contributed by atoms with Crippen molar-refractivity contribution in [3.63, 3.8) is 0 Å². The molecule has 2 heterocycles. The molecule has 0 spiro atoms. The van der Waals surface area contributed by atoms with E-state index < -0.39 is 0 Å². The van der Waals surface area contributed by atoms with Crippen LogP contribution in [0.2, 0.25) is 0 Å². The van der Waals surface area contributed by atoms with E-state index in [1.807, 2.05) is 35.2 Å². The van der Waals surface area contributed by atoms with E-state index in [-0.39, 0.29) is 18.1 Å². The Morgan fingerprint density at radius 1 is 1.08 bits per heavy atom. The molecule has 1 atom stereocenters. The Morgan fingerprint density at radius 2 is 1.81 bits per heavy atom. The number of nitrogens with one attached hydrogen (secondary N) is 1. The number of anilines is 1. The quantitative estimate of drug-likeness (QED) is 0.879. The van der Waals surface area contributed by atoms with Crippen LogP contribution in [0, 0.1) is 0 Å². The molecule has 0 radical (unpaired) electrons. The van der Waals surface area contributed by atoms with Gasteiger partial charge in [0.2, 0.25) is 0 Å². The highest BCUT2D eigenvalue weighted by atomic mass is 16.5. The third-order valence-corrected chi connectivity index (χ3v) is 5.00. The number of benzene rings is 1. The van der Waals surface area contributed by atoms with E-state index in [1.54, 1.807) is 16.8 Å². The number of rotatable bonds is 2. The second-order valence-corrected chi connectivity index (χ2v) is 6.86. The normalized spacial score (nSPS) is 21.0. The van der Waals surface area contributed by atoms with Gasteiger partial charge in [-0.3, -0.25) is 4.90 Å². The van der Waals surface area contributed by atoms with Crippen LogP contribution in [0.1, 0.15) is 19.3 Å². The largest absolute Gasteiger partial charge is 0.378 e. The van der Waals surface area contributed by atoms with E-state index >= 15 is 0 Å². The first-order valence-corrected chi connectivity index (χ1v) is 9.36. The summed E-state index contributed by atoms with van der Waals surface area (Å²) < 4.78 is 5.30. The second-order valence-electron chi connectivity index (χ2n) is 6.86. The summed E-state index contributed by atoms with van der Waals surface area (Å²) in [6.45, 7) is 3.69. The number of carbonyl (C=O) groups excluding carboxylic acids is 2. The summed E-state index contributed by atoms with van der Waals surface area (Å²) >= 11 is 0. The molecule has 0 unspecified atom stereocenters. The van der Waals surface area contributed by atoms with Crippen LogP contribution in [-0.4, -0.2) is 74.3 Å². The van der Waals surface area contributed by atoms with Crippen molar-refractivity contribution < 1.29 is 14.3 Å². The third kappa shape index (κ3) is 4.66. The van der Waals surface area contributed by atoms with Gasteiger partial charge in [-0.1, -0.05) is 18.2 Å². The fraction of sp³-hybridized carbons (Fsp3) is 0.579. The summed E-state index contributed by atoms with van der Waals surface area (Å²) in [7, 11) is 1.80. The van der Waals surface area contributed by atoms with Gasteiger partial charge in [-0.25, -0.2) is 9.59 Å². The molecule has 2 aliphatic rings. The first-order valence-electron chi connectivity index (χ1n) is 9.36. The van der Waals surface area contributed by atoms with Crippen molar-refractivity contribution in [3.05, 3.63) is 30.3 Å². The summed E-state index contributed by atoms with van der Waals surface area (Å²) in [6, 6.07) is 9.54. The van der Waals surface area contributed by atoms with E-state index in [0.717, 1.165) is 31.5 Å². The predicted octanol–water partition coefficient (Wildman–Crippen LogP) is 2.14. The van der Waals surface area contributed by atoms with Crippen molar-refractivity contribution in [1.29, 1.82) is 0 Å². The lowest BCUT2D eigenvalue weighted by atomic mass is 10.1. The predicted molar refractivity (Wildman–Crippen MR) is 100 cm³/mol. The molecule has 2 saturated heterocycles. The topological polar surface area (TPSA) is 65.1 Å². The molecule has 1 aromatic rings. The maximum Gasteiger partial charge on any atom is 0.324 e. The Hall–Kier alpha value is -2.28. The minimum Gasteiger partial charge on any atom is -0.378 e. The van der Waals surface area contributed by atoms with Crippen molar-refractivity contribution >= 4 is 17.7 Å². The number of carbonyl (C=O) groups is 2. The Bertz CT molecular complexity index is 604. The number of urea groups is 2.